The summed E-state index contributed by atoms with van der Waals surface area (Å²) in [6, 6.07) is 10.6. The Bertz CT molecular complexity index is 924. The second kappa shape index (κ2) is 10.6. The van der Waals surface area contributed by atoms with Crippen LogP contribution in [0.25, 0.3) is 0 Å². The number of carbonyl (C=O) groups excluding carboxylic acids is 4. The fourth-order valence-corrected chi connectivity index (χ4v) is 2.65. The molecule has 9 nitrogen and oxygen atoms in total. The van der Waals surface area contributed by atoms with E-state index in [4.69, 9.17) is 0 Å². The standard InChI is InChI=1S/C21H24N4O5/c1-13(26)24-17-9-16(10-18(12-17)25-14(2)27)21(30)23-8-4-7-22-20(29)15-5-3-6-19(28)11-15/h3,5-6,9-12,28H,4,7-8H2,1-2H3,(H,22,29)(H,23,30)(H,24,26)(H,25,27). The summed E-state index contributed by atoms with van der Waals surface area (Å²) in [6.07, 6.45) is 0.486. The van der Waals surface area contributed by atoms with Gasteiger partial charge in [-0.3, -0.25) is 19.2 Å². The third-order valence-electron chi connectivity index (χ3n) is 3.87. The predicted octanol–water partition coefficient (Wildman–Crippen LogP) is 1.86. The first kappa shape index (κ1) is 22.4. The summed E-state index contributed by atoms with van der Waals surface area (Å²) in [7, 11) is 0. The molecular formula is C21H24N4O5. The van der Waals surface area contributed by atoms with Gasteiger partial charge in [0.15, 0.2) is 0 Å². The fraction of sp³-hybridized carbons (Fsp3) is 0.238. The summed E-state index contributed by atoms with van der Waals surface area (Å²) in [4.78, 5) is 47.0. The molecule has 158 valence electrons. The van der Waals surface area contributed by atoms with Gasteiger partial charge in [-0.2, -0.15) is 0 Å². The van der Waals surface area contributed by atoms with Gasteiger partial charge < -0.3 is 26.4 Å². The Kier molecular flexibility index (Phi) is 7.92. The van der Waals surface area contributed by atoms with Gasteiger partial charge in [0.05, 0.1) is 0 Å². The molecule has 2 rings (SSSR count). The van der Waals surface area contributed by atoms with E-state index in [-0.39, 0.29) is 34.9 Å². The zero-order valence-electron chi connectivity index (χ0n) is 16.7. The third kappa shape index (κ3) is 7.27. The minimum Gasteiger partial charge on any atom is -0.508 e. The van der Waals surface area contributed by atoms with Gasteiger partial charge in [-0.1, -0.05) is 6.07 Å². The number of carbonyl (C=O) groups is 4. The molecule has 0 aromatic heterocycles. The Morgan fingerprint density at radius 2 is 1.30 bits per heavy atom. The summed E-state index contributed by atoms with van der Waals surface area (Å²) in [6.45, 7) is 3.32. The van der Waals surface area contributed by atoms with E-state index in [1.165, 1.54) is 38.1 Å². The molecule has 0 aliphatic carbocycles. The first-order valence-electron chi connectivity index (χ1n) is 9.30. The molecule has 0 spiro atoms. The molecule has 0 fully saturated rings. The highest BCUT2D eigenvalue weighted by atomic mass is 16.3. The number of phenols is 1. The Morgan fingerprint density at radius 1 is 0.767 bits per heavy atom. The lowest BCUT2D eigenvalue weighted by atomic mass is 10.1. The van der Waals surface area contributed by atoms with Crippen molar-refractivity contribution in [2.24, 2.45) is 0 Å². The van der Waals surface area contributed by atoms with Crippen molar-refractivity contribution in [1.82, 2.24) is 10.6 Å². The van der Waals surface area contributed by atoms with Crippen LogP contribution in [0.4, 0.5) is 11.4 Å². The van der Waals surface area contributed by atoms with E-state index in [0.29, 0.717) is 36.4 Å². The number of aromatic hydroxyl groups is 1. The second-order valence-electron chi connectivity index (χ2n) is 6.58. The number of hydrogen-bond acceptors (Lipinski definition) is 5. The molecule has 0 aliphatic rings. The minimum atomic E-state index is -0.381. The lowest BCUT2D eigenvalue weighted by molar-refractivity contribution is -0.115. The Balaban J connectivity index is 1.88. The quantitative estimate of drug-likeness (QED) is 0.422. The van der Waals surface area contributed by atoms with Crippen molar-refractivity contribution in [2.75, 3.05) is 23.7 Å². The number of rotatable bonds is 8. The van der Waals surface area contributed by atoms with Crippen molar-refractivity contribution in [3.63, 3.8) is 0 Å². The smallest absolute Gasteiger partial charge is 0.251 e. The molecule has 4 amide bonds. The molecule has 5 N–H and O–H groups in total. The van der Waals surface area contributed by atoms with E-state index in [0.717, 1.165) is 0 Å². The molecule has 2 aromatic rings. The first-order chi connectivity index (χ1) is 14.2. The number of anilines is 2. The summed E-state index contributed by atoms with van der Waals surface area (Å²) in [5.41, 5.74) is 1.39. The van der Waals surface area contributed by atoms with Gasteiger partial charge in [0.2, 0.25) is 11.8 Å². The molecular weight excluding hydrogens is 388 g/mol. The average molecular weight is 412 g/mol. The normalized spacial score (nSPS) is 10.1. The van der Waals surface area contributed by atoms with Gasteiger partial charge in [-0.15, -0.1) is 0 Å². The topological polar surface area (TPSA) is 137 Å². The predicted molar refractivity (Wildman–Crippen MR) is 112 cm³/mol. The highest BCUT2D eigenvalue weighted by Gasteiger charge is 2.11. The molecule has 0 heterocycles. The lowest BCUT2D eigenvalue weighted by Gasteiger charge is -2.11. The molecule has 2 aromatic carbocycles. The van der Waals surface area contributed by atoms with E-state index in [9.17, 15) is 24.3 Å². The zero-order valence-corrected chi connectivity index (χ0v) is 16.7. The SMILES string of the molecule is CC(=O)Nc1cc(NC(C)=O)cc(C(=O)NCCCNC(=O)c2cccc(O)c2)c1. The largest absolute Gasteiger partial charge is 0.508 e. The van der Waals surface area contributed by atoms with Crippen LogP contribution < -0.4 is 21.3 Å². The molecule has 0 unspecified atom stereocenters. The molecule has 0 saturated carbocycles. The zero-order chi connectivity index (χ0) is 22.1. The van der Waals surface area contributed by atoms with E-state index >= 15 is 0 Å². The van der Waals surface area contributed by atoms with Crippen molar-refractivity contribution < 1.29 is 24.3 Å². The lowest BCUT2D eigenvalue weighted by Crippen LogP contribution is -2.30. The van der Waals surface area contributed by atoms with Crippen molar-refractivity contribution in [3.8, 4) is 5.75 Å². The number of phenolic OH excluding ortho intramolecular Hbond substituents is 1. The number of benzene rings is 2. The molecule has 0 saturated heterocycles. The molecule has 0 atom stereocenters. The Morgan fingerprint density at radius 3 is 1.80 bits per heavy atom. The average Bonchev–Trinajstić information content (AvgIpc) is 2.66. The number of nitrogens with one attached hydrogen (secondary N) is 4. The van der Waals surface area contributed by atoms with Gasteiger partial charge in [-0.25, -0.2) is 0 Å². The van der Waals surface area contributed by atoms with Crippen LogP contribution in [0.2, 0.25) is 0 Å². The van der Waals surface area contributed by atoms with Crippen molar-refractivity contribution in [1.29, 1.82) is 0 Å². The van der Waals surface area contributed by atoms with Crippen LogP contribution in [-0.4, -0.2) is 41.8 Å². The number of hydrogen-bond donors (Lipinski definition) is 5. The van der Waals surface area contributed by atoms with Crippen LogP contribution in [0.15, 0.2) is 42.5 Å². The molecule has 0 bridgehead atoms. The first-order valence-corrected chi connectivity index (χ1v) is 9.30. The van der Waals surface area contributed by atoms with Crippen LogP contribution in [0.1, 0.15) is 41.0 Å². The highest BCUT2D eigenvalue weighted by molar-refractivity contribution is 6.00. The summed E-state index contributed by atoms with van der Waals surface area (Å²) in [5.74, 6) is -1.30. The van der Waals surface area contributed by atoms with Crippen molar-refractivity contribution in [2.45, 2.75) is 20.3 Å². The van der Waals surface area contributed by atoms with E-state index in [1.807, 2.05) is 0 Å². The van der Waals surface area contributed by atoms with Crippen LogP contribution in [0.3, 0.4) is 0 Å². The van der Waals surface area contributed by atoms with Gasteiger partial charge in [-0.05, 0) is 42.8 Å². The van der Waals surface area contributed by atoms with Crippen molar-refractivity contribution >= 4 is 35.0 Å². The van der Waals surface area contributed by atoms with Gasteiger partial charge >= 0.3 is 0 Å². The van der Waals surface area contributed by atoms with E-state index in [2.05, 4.69) is 21.3 Å². The van der Waals surface area contributed by atoms with Crippen LogP contribution in [0, 0.1) is 0 Å². The highest BCUT2D eigenvalue weighted by Crippen LogP contribution is 2.19. The Hall–Kier alpha value is -3.88. The third-order valence-corrected chi connectivity index (χ3v) is 3.87. The molecule has 0 aliphatic heterocycles. The maximum Gasteiger partial charge on any atom is 0.251 e. The van der Waals surface area contributed by atoms with Crippen LogP contribution in [-0.2, 0) is 9.59 Å². The van der Waals surface area contributed by atoms with Crippen LogP contribution in [0.5, 0.6) is 5.75 Å². The Labute approximate surface area is 173 Å². The second-order valence-corrected chi connectivity index (χ2v) is 6.58. The monoisotopic (exact) mass is 412 g/mol. The maximum absolute atomic E-state index is 12.4. The summed E-state index contributed by atoms with van der Waals surface area (Å²) >= 11 is 0. The molecule has 9 heteroatoms. The van der Waals surface area contributed by atoms with Crippen molar-refractivity contribution in [3.05, 3.63) is 53.6 Å². The molecule has 30 heavy (non-hydrogen) atoms. The van der Waals surface area contributed by atoms with Gasteiger partial charge in [0.1, 0.15) is 5.75 Å². The molecule has 0 radical (unpaired) electrons. The van der Waals surface area contributed by atoms with E-state index in [1.54, 1.807) is 18.2 Å². The van der Waals surface area contributed by atoms with Gasteiger partial charge in [0, 0.05) is 49.4 Å². The number of amides is 4. The summed E-state index contributed by atoms with van der Waals surface area (Å²) in [5, 5.41) is 20.0. The maximum atomic E-state index is 12.4. The summed E-state index contributed by atoms with van der Waals surface area (Å²) < 4.78 is 0. The fourth-order valence-electron chi connectivity index (χ4n) is 2.65. The van der Waals surface area contributed by atoms with E-state index < -0.39 is 0 Å². The van der Waals surface area contributed by atoms with Crippen LogP contribution >= 0.6 is 0 Å². The van der Waals surface area contributed by atoms with Gasteiger partial charge in [0.25, 0.3) is 11.8 Å². The minimum absolute atomic E-state index is 0.00930.